The minimum Gasteiger partial charge on any atom is -0.493 e. The molecule has 0 unspecified atom stereocenters. The van der Waals surface area contributed by atoms with Gasteiger partial charge in [-0.15, -0.1) is 12.4 Å². The van der Waals surface area contributed by atoms with E-state index in [1.165, 1.54) is 25.0 Å². The van der Waals surface area contributed by atoms with Gasteiger partial charge in [-0.1, -0.05) is 6.07 Å². The molecule has 1 aromatic rings. The first kappa shape index (κ1) is 12.3. The van der Waals surface area contributed by atoms with Crippen molar-refractivity contribution in [3.8, 4) is 5.75 Å². The second-order valence-corrected chi connectivity index (χ2v) is 3.71. The van der Waals surface area contributed by atoms with E-state index in [1.54, 1.807) is 6.07 Å². The van der Waals surface area contributed by atoms with Gasteiger partial charge >= 0.3 is 0 Å². The lowest BCUT2D eigenvalue weighted by Gasteiger charge is -2.09. The Hall–Kier alpha value is -0.800. The highest BCUT2D eigenvalue weighted by Gasteiger charge is 2.22. The smallest absolute Gasteiger partial charge is 0.126 e. The molecule has 0 aliphatic heterocycles. The maximum absolute atomic E-state index is 12.9. The molecule has 2 N–H and O–H groups in total. The van der Waals surface area contributed by atoms with Crippen molar-refractivity contribution < 1.29 is 9.13 Å². The zero-order valence-electron chi connectivity index (χ0n) is 8.41. The molecule has 1 saturated carbocycles. The zero-order valence-corrected chi connectivity index (χ0v) is 9.23. The molecule has 0 spiro atoms. The molecule has 1 fully saturated rings. The van der Waals surface area contributed by atoms with Crippen LogP contribution in [-0.2, 0) is 6.54 Å². The normalized spacial score (nSPS) is 14.5. The molecule has 0 amide bonds. The van der Waals surface area contributed by atoms with Crippen molar-refractivity contribution in [2.75, 3.05) is 6.61 Å². The van der Waals surface area contributed by atoms with Gasteiger partial charge in [0.2, 0.25) is 0 Å². The number of halogens is 2. The van der Waals surface area contributed by atoms with E-state index >= 15 is 0 Å². The van der Waals surface area contributed by atoms with E-state index in [0.717, 1.165) is 5.56 Å². The van der Waals surface area contributed by atoms with Crippen molar-refractivity contribution in [1.29, 1.82) is 0 Å². The summed E-state index contributed by atoms with van der Waals surface area (Å²) in [6, 6.07) is 4.49. The molecule has 1 aliphatic carbocycles. The molecule has 4 heteroatoms. The molecule has 0 atom stereocenters. The number of rotatable bonds is 4. The summed E-state index contributed by atoms with van der Waals surface area (Å²) in [7, 11) is 0. The van der Waals surface area contributed by atoms with E-state index in [2.05, 4.69) is 0 Å². The fourth-order valence-corrected chi connectivity index (χ4v) is 1.32. The van der Waals surface area contributed by atoms with Crippen molar-refractivity contribution in [1.82, 2.24) is 0 Å². The third kappa shape index (κ3) is 3.36. The zero-order chi connectivity index (χ0) is 9.97. The fourth-order valence-electron chi connectivity index (χ4n) is 1.32. The maximum Gasteiger partial charge on any atom is 0.126 e. The summed E-state index contributed by atoms with van der Waals surface area (Å²) >= 11 is 0. The van der Waals surface area contributed by atoms with Crippen LogP contribution in [0, 0.1) is 11.7 Å². The van der Waals surface area contributed by atoms with Crippen molar-refractivity contribution in [2.45, 2.75) is 19.4 Å². The lowest BCUT2D eigenvalue weighted by molar-refractivity contribution is 0.295. The molecule has 0 heterocycles. The topological polar surface area (TPSA) is 35.2 Å². The Kier molecular flexibility index (Phi) is 4.36. The molecule has 84 valence electrons. The minimum absolute atomic E-state index is 0. The summed E-state index contributed by atoms with van der Waals surface area (Å²) in [6.07, 6.45) is 2.46. The van der Waals surface area contributed by atoms with Crippen LogP contribution in [0.15, 0.2) is 18.2 Å². The van der Waals surface area contributed by atoms with Crippen LogP contribution in [0.4, 0.5) is 4.39 Å². The molecular weight excluding hydrogens is 217 g/mol. The van der Waals surface area contributed by atoms with Gasteiger partial charge in [0, 0.05) is 18.2 Å². The first-order chi connectivity index (χ1) is 6.79. The molecule has 15 heavy (non-hydrogen) atoms. The molecule has 2 rings (SSSR count). The Morgan fingerprint density at radius 1 is 1.40 bits per heavy atom. The molecule has 0 saturated heterocycles. The molecule has 0 bridgehead atoms. The third-order valence-electron chi connectivity index (χ3n) is 2.42. The maximum atomic E-state index is 12.9. The quantitative estimate of drug-likeness (QED) is 0.864. The Bertz CT molecular complexity index is 328. The van der Waals surface area contributed by atoms with Gasteiger partial charge < -0.3 is 10.5 Å². The molecular formula is C11H15ClFNO. The second-order valence-electron chi connectivity index (χ2n) is 3.71. The monoisotopic (exact) mass is 231 g/mol. The Labute approximate surface area is 95.0 Å². The van der Waals surface area contributed by atoms with E-state index < -0.39 is 0 Å². The average molecular weight is 232 g/mol. The van der Waals surface area contributed by atoms with Gasteiger partial charge in [-0.2, -0.15) is 0 Å². The standard InChI is InChI=1S/C11H14FNO.ClH/c12-10-4-3-9(6-13)11(5-10)14-7-8-1-2-8;/h3-5,8H,1-2,6-7,13H2;1H. The lowest BCUT2D eigenvalue weighted by Crippen LogP contribution is -2.05. The van der Waals surface area contributed by atoms with Crippen LogP contribution in [0.2, 0.25) is 0 Å². The van der Waals surface area contributed by atoms with Gasteiger partial charge in [-0.25, -0.2) is 4.39 Å². The van der Waals surface area contributed by atoms with Crippen molar-refractivity contribution >= 4 is 12.4 Å². The SMILES string of the molecule is Cl.NCc1ccc(F)cc1OCC1CC1. The number of hydrogen-bond acceptors (Lipinski definition) is 2. The second kappa shape index (κ2) is 5.33. The summed E-state index contributed by atoms with van der Waals surface area (Å²) in [5, 5.41) is 0. The van der Waals surface area contributed by atoms with Gasteiger partial charge in [-0.05, 0) is 24.8 Å². The third-order valence-corrected chi connectivity index (χ3v) is 2.42. The average Bonchev–Trinajstić information content (AvgIpc) is 2.98. The van der Waals surface area contributed by atoms with Gasteiger partial charge in [0.15, 0.2) is 0 Å². The van der Waals surface area contributed by atoms with Crippen LogP contribution in [0.1, 0.15) is 18.4 Å². The first-order valence-electron chi connectivity index (χ1n) is 4.91. The molecule has 2 nitrogen and oxygen atoms in total. The molecule has 1 aromatic carbocycles. The number of nitrogens with two attached hydrogens (primary N) is 1. The van der Waals surface area contributed by atoms with Crippen LogP contribution >= 0.6 is 12.4 Å². The molecule has 1 aliphatic rings. The highest BCUT2D eigenvalue weighted by atomic mass is 35.5. The van der Waals surface area contributed by atoms with Gasteiger partial charge in [0.1, 0.15) is 11.6 Å². The van der Waals surface area contributed by atoms with Gasteiger partial charge in [0.25, 0.3) is 0 Å². The van der Waals surface area contributed by atoms with Crippen molar-refractivity contribution in [3.63, 3.8) is 0 Å². The summed E-state index contributed by atoms with van der Waals surface area (Å²) in [6.45, 7) is 1.08. The van der Waals surface area contributed by atoms with Crippen LogP contribution in [-0.4, -0.2) is 6.61 Å². The minimum atomic E-state index is -0.270. The van der Waals surface area contributed by atoms with Crippen molar-refractivity contribution in [2.24, 2.45) is 11.7 Å². The largest absolute Gasteiger partial charge is 0.493 e. The van der Waals surface area contributed by atoms with Gasteiger partial charge in [-0.3, -0.25) is 0 Å². The van der Waals surface area contributed by atoms with E-state index in [9.17, 15) is 4.39 Å². The van der Waals surface area contributed by atoms with Crippen LogP contribution in [0.5, 0.6) is 5.75 Å². The predicted octanol–water partition coefficient (Wildman–Crippen LogP) is 2.50. The highest BCUT2D eigenvalue weighted by Crippen LogP contribution is 2.30. The van der Waals surface area contributed by atoms with Gasteiger partial charge in [0.05, 0.1) is 6.61 Å². The predicted molar refractivity (Wildman–Crippen MR) is 59.8 cm³/mol. The highest BCUT2D eigenvalue weighted by molar-refractivity contribution is 5.85. The Morgan fingerprint density at radius 2 is 2.13 bits per heavy atom. The van der Waals surface area contributed by atoms with Crippen LogP contribution in [0.3, 0.4) is 0 Å². The Balaban J connectivity index is 0.00000112. The lowest BCUT2D eigenvalue weighted by atomic mass is 10.2. The van der Waals surface area contributed by atoms with Crippen LogP contribution < -0.4 is 10.5 Å². The van der Waals surface area contributed by atoms with Crippen LogP contribution in [0.25, 0.3) is 0 Å². The van der Waals surface area contributed by atoms with E-state index in [0.29, 0.717) is 24.8 Å². The summed E-state index contributed by atoms with van der Waals surface area (Å²) in [5.41, 5.74) is 6.39. The number of hydrogen-bond donors (Lipinski definition) is 1. The van der Waals surface area contributed by atoms with E-state index in [4.69, 9.17) is 10.5 Å². The summed E-state index contributed by atoms with van der Waals surface area (Å²) in [4.78, 5) is 0. The number of benzene rings is 1. The summed E-state index contributed by atoms with van der Waals surface area (Å²) < 4.78 is 18.4. The fraction of sp³-hybridized carbons (Fsp3) is 0.455. The van der Waals surface area contributed by atoms with E-state index in [-0.39, 0.29) is 18.2 Å². The van der Waals surface area contributed by atoms with Crippen molar-refractivity contribution in [3.05, 3.63) is 29.6 Å². The first-order valence-corrected chi connectivity index (χ1v) is 4.91. The molecule has 0 aromatic heterocycles. The summed E-state index contributed by atoms with van der Waals surface area (Å²) in [5.74, 6) is 0.997. The Morgan fingerprint density at radius 3 is 2.73 bits per heavy atom. The number of ether oxygens (including phenoxy) is 1. The molecule has 0 radical (unpaired) electrons. The van der Waals surface area contributed by atoms with E-state index in [1.807, 2.05) is 0 Å².